The molecule has 1 aliphatic carbocycles. The van der Waals surface area contributed by atoms with Crippen LogP contribution in [0.25, 0.3) is 0 Å². The summed E-state index contributed by atoms with van der Waals surface area (Å²) in [4.78, 5) is 0. The molecule has 1 N–H and O–H groups in total. The molecule has 0 radical (unpaired) electrons. The molecular weight excluding hydrogens is 214 g/mol. The maximum absolute atomic E-state index is 5.62. The largest absolute Gasteiger partial charge is 0.467 e. The van der Waals surface area contributed by atoms with Crippen molar-refractivity contribution in [3.05, 3.63) is 23.7 Å². The predicted octanol–water partition coefficient (Wildman–Crippen LogP) is 3.24. The van der Waals surface area contributed by atoms with Crippen LogP contribution in [-0.4, -0.2) is 12.6 Å². The van der Waals surface area contributed by atoms with Crippen LogP contribution in [0.3, 0.4) is 0 Å². The first-order valence-electron chi connectivity index (χ1n) is 6.76. The van der Waals surface area contributed by atoms with Crippen LogP contribution in [0.2, 0.25) is 0 Å². The zero-order valence-electron chi connectivity index (χ0n) is 10.7. The minimum Gasteiger partial charge on any atom is -0.467 e. The molecule has 0 spiro atoms. The molecule has 0 amide bonds. The number of unbranched alkanes of at least 4 members (excludes halogenated alkanes) is 2. The van der Waals surface area contributed by atoms with E-state index in [1.165, 1.54) is 31.2 Å². The Hall–Kier alpha value is -0.800. The van der Waals surface area contributed by atoms with Gasteiger partial charge in [-0.1, -0.05) is 19.8 Å². The van der Waals surface area contributed by atoms with Gasteiger partial charge in [0.25, 0.3) is 0 Å². The molecule has 0 unspecified atom stereocenters. The Balaban J connectivity index is 1.66. The SMILES string of the molecule is CCCCCOCc1occc1CNC1CC1. The number of furan rings is 1. The number of hydrogen-bond acceptors (Lipinski definition) is 3. The summed E-state index contributed by atoms with van der Waals surface area (Å²) in [6.45, 7) is 4.56. The van der Waals surface area contributed by atoms with Gasteiger partial charge in [0, 0.05) is 24.8 Å². The molecule has 1 aromatic heterocycles. The molecule has 0 aromatic carbocycles. The highest BCUT2D eigenvalue weighted by Gasteiger charge is 2.20. The first-order chi connectivity index (χ1) is 8.40. The highest BCUT2D eigenvalue weighted by Crippen LogP contribution is 2.20. The molecule has 0 bridgehead atoms. The Labute approximate surface area is 104 Å². The van der Waals surface area contributed by atoms with E-state index in [9.17, 15) is 0 Å². The Bertz CT molecular complexity index is 318. The quantitative estimate of drug-likeness (QED) is 0.669. The van der Waals surface area contributed by atoms with Gasteiger partial charge in [0.2, 0.25) is 0 Å². The van der Waals surface area contributed by atoms with Gasteiger partial charge in [-0.3, -0.25) is 0 Å². The van der Waals surface area contributed by atoms with Crippen LogP contribution in [0.1, 0.15) is 50.4 Å². The van der Waals surface area contributed by atoms with Crippen LogP contribution in [0.5, 0.6) is 0 Å². The van der Waals surface area contributed by atoms with Gasteiger partial charge in [-0.05, 0) is 25.3 Å². The van der Waals surface area contributed by atoms with Crippen LogP contribution < -0.4 is 5.32 Å². The van der Waals surface area contributed by atoms with Crippen molar-refractivity contribution in [1.82, 2.24) is 5.32 Å². The number of nitrogens with one attached hydrogen (secondary N) is 1. The van der Waals surface area contributed by atoms with Crippen LogP contribution in [-0.2, 0) is 17.9 Å². The lowest BCUT2D eigenvalue weighted by Crippen LogP contribution is -2.15. The summed E-state index contributed by atoms with van der Waals surface area (Å²) < 4.78 is 11.1. The third-order valence-electron chi connectivity index (χ3n) is 3.12. The fraction of sp³-hybridized carbons (Fsp3) is 0.714. The van der Waals surface area contributed by atoms with Crippen molar-refractivity contribution in [3.8, 4) is 0 Å². The fourth-order valence-electron chi connectivity index (χ4n) is 1.81. The van der Waals surface area contributed by atoms with Gasteiger partial charge in [0.05, 0.1) is 6.26 Å². The van der Waals surface area contributed by atoms with Crippen molar-refractivity contribution in [3.63, 3.8) is 0 Å². The average Bonchev–Trinajstić information content (AvgIpc) is 3.06. The Morgan fingerprint density at radius 3 is 3.06 bits per heavy atom. The Kier molecular flexibility index (Phi) is 5.08. The van der Waals surface area contributed by atoms with Crippen LogP contribution in [0.4, 0.5) is 0 Å². The molecule has 0 saturated heterocycles. The molecule has 0 aliphatic heterocycles. The molecule has 2 rings (SSSR count). The summed E-state index contributed by atoms with van der Waals surface area (Å²) in [6, 6.07) is 2.78. The maximum atomic E-state index is 5.62. The summed E-state index contributed by atoms with van der Waals surface area (Å²) in [5.41, 5.74) is 1.24. The van der Waals surface area contributed by atoms with Crippen molar-refractivity contribution in [2.45, 2.75) is 58.2 Å². The molecular formula is C14H23NO2. The predicted molar refractivity (Wildman–Crippen MR) is 67.8 cm³/mol. The van der Waals surface area contributed by atoms with Crippen molar-refractivity contribution in [1.29, 1.82) is 0 Å². The van der Waals surface area contributed by atoms with Gasteiger partial charge in [-0.15, -0.1) is 0 Å². The zero-order chi connectivity index (χ0) is 11.9. The summed E-state index contributed by atoms with van der Waals surface area (Å²) in [6.07, 6.45) is 8.03. The second kappa shape index (κ2) is 6.82. The minimum atomic E-state index is 0.610. The van der Waals surface area contributed by atoms with E-state index in [0.717, 1.165) is 31.4 Å². The second-order valence-corrected chi connectivity index (χ2v) is 4.78. The summed E-state index contributed by atoms with van der Waals surface area (Å²) in [5.74, 6) is 0.981. The van der Waals surface area contributed by atoms with E-state index in [-0.39, 0.29) is 0 Å². The summed E-state index contributed by atoms with van der Waals surface area (Å²) in [5, 5.41) is 3.49. The average molecular weight is 237 g/mol. The smallest absolute Gasteiger partial charge is 0.133 e. The topological polar surface area (TPSA) is 34.4 Å². The molecule has 3 nitrogen and oxygen atoms in total. The molecule has 0 atom stereocenters. The van der Waals surface area contributed by atoms with Gasteiger partial charge in [0.1, 0.15) is 12.4 Å². The van der Waals surface area contributed by atoms with E-state index in [1.54, 1.807) is 6.26 Å². The zero-order valence-corrected chi connectivity index (χ0v) is 10.7. The van der Waals surface area contributed by atoms with E-state index in [4.69, 9.17) is 9.15 Å². The van der Waals surface area contributed by atoms with Crippen molar-refractivity contribution in [2.75, 3.05) is 6.61 Å². The van der Waals surface area contributed by atoms with Gasteiger partial charge in [-0.2, -0.15) is 0 Å². The fourth-order valence-corrected chi connectivity index (χ4v) is 1.81. The first-order valence-corrected chi connectivity index (χ1v) is 6.76. The van der Waals surface area contributed by atoms with Gasteiger partial charge < -0.3 is 14.5 Å². The lowest BCUT2D eigenvalue weighted by Gasteiger charge is -2.05. The van der Waals surface area contributed by atoms with E-state index >= 15 is 0 Å². The third-order valence-corrected chi connectivity index (χ3v) is 3.12. The highest BCUT2D eigenvalue weighted by atomic mass is 16.5. The van der Waals surface area contributed by atoms with Crippen molar-refractivity contribution < 1.29 is 9.15 Å². The van der Waals surface area contributed by atoms with Crippen molar-refractivity contribution in [2.24, 2.45) is 0 Å². The van der Waals surface area contributed by atoms with E-state index < -0.39 is 0 Å². The van der Waals surface area contributed by atoms with E-state index in [2.05, 4.69) is 12.2 Å². The third kappa shape index (κ3) is 4.52. The monoisotopic (exact) mass is 237 g/mol. The highest BCUT2D eigenvalue weighted by molar-refractivity contribution is 5.16. The van der Waals surface area contributed by atoms with Gasteiger partial charge in [0.15, 0.2) is 0 Å². The molecule has 1 saturated carbocycles. The normalized spacial score (nSPS) is 15.4. The van der Waals surface area contributed by atoms with E-state index in [0.29, 0.717) is 6.61 Å². The summed E-state index contributed by atoms with van der Waals surface area (Å²) in [7, 11) is 0. The van der Waals surface area contributed by atoms with Gasteiger partial charge >= 0.3 is 0 Å². The lowest BCUT2D eigenvalue weighted by atomic mass is 10.2. The Morgan fingerprint density at radius 2 is 2.29 bits per heavy atom. The number of hydrogen-bond donors (Lipinski definition) is 1. The van der Waals surface area contributed by atoms with Crippen LogP contribution >= 0.6 is 0 Å². The lowest BCUT2D eigenvalue weighted by molar-refractivity contribution is 0.102. The molecule has 1 aromatic rings. The maximum Gasteiger partial charge on any atom is 0.133 e. The molecule has 96 valence electrons. The molecule has 1 fully saturated rings. The summed E-state index contributed by atoms with van der Waals surface area (Å²) >= 11 is 0. The van der Waals surface area contributed by atoms with Gasteiger partial charge in [-0.25, -0.2) is 0 Å². The Morgan fingerprint density at radius 1 is 1.41 bits per heavy atom. The minimum absolute atomic E-state index is 0.610. The number of ether oxygens (including phenoxy) is 1. The molecule has 17 heavy (non-hydrogen) atoms. The number of rotatable bonds is 9. The van der Waals surface area contributed by atoms with Crippen molar-refractivity contribution >= 4 is 0 Å². The molecule has 3 heteroatoms. The van der Waals surface area contributed by atoms with E-state index in [1.807, 2.05) is 6.07 Å². The first kappa shape index (κ1) is 12.7. The van der Waals surface area contributed by atoms with Crippen LogP contribution in [0.15, 0.2) is 16.7 Å². The standard InChI is InChI=1S/C14H23NO2/c1-2-3-4-8-16-11-14-12(7-9-17-14)10-15-13-5-6-13/h7,9,13,15H,2-6,8,10-11H2,1H3. The van der Waals surface area contributed by atoms with Crippen LogP contribution in [0, 0.1) is 0 Å². The molecule has 1 aliphatic rings. The second-order valence-electron chi connectivity index (χ2n) is 4.78. The molecule has 1 heterocycles.